The van der Waals surface area contributed by atoms with Crippen LogP contribution in [0.15, 0.2) is 30.6 Å². The Labute approximate surface area is 122 Å². The minimum atomic E-state index is -0.560. The first-order chi connectivity index (χ1) is 10.1. The lowest BCUT2D eigenvalue weighted by atomic mass is 10.2. The van der Waals surface area contributed by atoms with Crippen LogP contribution < -0.4 is 15.4 Å². The quantitative estimate of drug-likeness (QED) is 0.875. The number of amides is 1. The Morgan fingerprint density at radius 3 is 3.10 bits per heavy atom. The van der Waals surface area contributed by atoms with Crippen molar-refractivity contribution in [2.75, 3.05) is 11.9 Å². The molecule has 1 aliphatic rings. The number of para-hydroxylation sites is 2. The molecule has 1 aromatic heterocycles. The number of fused-ring (bicyclic) bond motifs is 1. The molecule has 110 valence electrons. The van der Waals surface area contributed by atoms with Gasteiger partial charge < -0.3 is 19.9 Å². The van der Waals surface area contributed by atoms with Gasteiger partial charge in [-0.25, -0.2) is 0 Å². The molecule has 1 aromatic carbocycles. The lowest BCUT2D eigenvalue weighted by Crippen LogP contribution is -2.45. The predicted octanol–water partition coefficient (Wildman–Crippen LogP) is 0.865. The van der Waals surface area contributed by atoms with Gasteiger partial charge in [-0.2, -0.15) is 0 Å². The number of anilines is 1. The summed E-state index contributed by atoms with van der Waals surface area (Å²) in [7, 11) is 1.84. The van der Waals surface area contributed by atoms with Gasteiger partial charge in [0.05, 0.1) is 18.3 Å². The van der Waals surface area contributed by atoms with Gasteiger partial charge in [-0.05, 0) is 19.1 Å². The molecule has 0 spiro atoms. The van der Waals surface area contributed by atoms with Gasteiger partial charge in [0, 0.05) is 7.05 Å². The van der Waals surface area contributed by atoms with E-state index < -0.39 is 6.10 Å². The third kappa shape index (κ3) is 2.67. The van der Waals surface area contributed by atoms with Crippen molar-refractivity contribution in [1.29, 1.82) is 0 Å². The number of rotatable bonds is 3. The van der Waals surface area contributed by atoms with E-state index in [2.05, 4.69) is 20.8 Å². The van der Waals surface area contributed by atoms with E-state index in [1.807, 2.05) is 38.2 Å². The van der Waals surface area contributed by atoms with Gasteiger partial charge in [-0.15, -0.1) is 10.2 Å². The van der Waals surface area contributed by atoms with Gasteiger partial charge >= 0.3 is 0 Å². The molecule has 2 atom stereocenters. The zero-order valence-corrected chi connectivity index (χ0v) is 11.9. The Bertz CT molecular complexity index is 654. The molecule has 21 heavy (non-hydrogen) atoms. The molecule has 0 radical (unpaired) electrons. The maximum atomic E-state index is 12.3. The van der Waals surface area contributed by atoms with Gasteiger partial charge in [0.25, 0.3) is 5.91 Å². The average Bonchev–Trinajstić information content (AvgIpc) is 2.93. The summed E-state index contributed by atoms with van der Waals surface area (Å²) in [5.41, 5.74) is 0.905. The zero-order valence-electron chi connectivity index (χ0n) is 11.9. The average molecular weight is 287 g/mol. The highest BCUT2D eigenvalue weighted by Gasteiger charge is 2.27. The Balaban J connectivity index is 1.66. The number of benzene rings is 1. The van der Waals surface area contributed by atoms with Crippen LogP contribution in [0.3, 0.4) is 0 Å². The highest BCUT2D eigenvalue weighted by atomic mass is 16.5. The third-order valence-electron chi connectivity index (χ3n) is 3.42. The molecular formula is C14H17N5O2. The van der Waals surface area contributed by atoms with Crippen LogP contribution >= 0.6 is 0 Å². The molecule has 2 heterocycles. The number of carbonyl (C=O) groups is 1. The molecule has 0 saturated carbocycles. The summed E-state index contributed by atoms with van der Waals surface area (Å²) in [4.78, 5) is 12.3. The number of aryl methyl sites for hydroxylation is 1. The van der Waals surface area contributed by atoms with Crippen molar-refractivity contribution in [2.45, 2.75) is 19.1 Å². The first-order valence-electron chi connectivity index (χ1n) is 6.79. The van der Waals surface area contributed by atoms with Crippen LogP contribution in [0.4, 0.5) is 5.69 Å². The van der Waals surface area contributed by atoms with Crippen molar-refractivity contribution in [3.05, 3.63) is 36.4 Å². The van der Waals surface area contributed by atoms with Gasteiger partial charge in [-0.1, -0.05) is 12.1 Å². The molecule has 1 amide bonds. The number of ether oxygens (including phenoxy) is 1. The van der Waals surface area contributed by atoms with Crippen molar-refractivity contribution in [3.8, 4) is 5.75 Å². The lowest BCUT2D eigenvalue weighted by Gasteiger charge is -2.27. The third-order valence-corrected chi connectivity index (χ3v) is 3.42. The Morgan fingerprint density at radius 2 is 2.33 bits per heavy atom. The van der Waals surface area contributed by atoms with E-state index in [0.717, 1.165) is 5.69 Å². The predicted molar refractivity (Wildman–Crippen MR) is 76.9 cm³/mol. The van der Waals surface area contributed by atoms with Crippen LogP contribution in [-0.2, 0) is 11.8 Å². The van der Waals surface area contributed by atoms with Crippen LogP contribution in [0.2, 0.25) is 0 Å². The molecule has 0 bridgehead atoms. The lowest BCUT2D eigenvalue weighted by molar-refractivity contribution is -0.128. The molecule has 1 aliphatic heterocycles. The normalized spacial score (nSPS) is 18.1. The van der Waals surface area contributed by atoms with Crippen molar-refractivity contribution in [2.24, 2.45) is 7.05 Å². The Kier molecular flexibility index (Phi) is 3.47. The van der Waals surface area contributed by atoms with Crippen LogP contribution in [0.5, 0.6) is 5.75 Å². The largest absolute Gasteiger partial charge is 0.477 e. The second-order valence-electron chi connectivity index (χ2n) is 5.01. The Hall–Kier alpha value is -2.57. The smallest absolute Gasteiger partial charge is 0.263 e. The molecule has 3 rings (SSSR count). The van der Waals surface area contributed by atoms with E-state index in [0.29, 0.717) is 18.1 Å². The number of carbonyl (C=O) groups excluding carboxylic acids is 1. The summed E-state index contributed by atoms with van der Waals surface area (Å²) in [5, 5.41) is 13.9. The number of hydrogen-bond donors (Lipinski definition) is 2. The van der Waals surface area contributed by atoms with Crippen molar-refractivity contribution < 1.29 is 9.53 Å². The standard InChI is InChI=1S/C14H17N5O2/c1-9(13-18-16-8-19(13)2)17-14(20)12-7-15-10-5-3-4-6-11(10)21-12/h3-6,8-9,12,15H,7H2,1-2H3,(H,17,20). The fraction of sp³-hybridized carbons (Fsp3) is 0.357. The molecule has 0 saturated heterocycles. The first kappa shape index (κ1) is 13.4. The summed E-state index contributed by atoms with van der Waals surface area (Å²) in [6.07, 6.45) is 1.04. The van der Waals surface area contributed by atoms with Crippen LogP contribution in [0.25, 0.3) is 0 Å². The highest BCUT2D eigenvalue weighted by Crippen LogP contribution is 2.28. The van der Waals surface area contributed by atoms with E-state index in [9.17, 15) is 4.79 Å². The van der Waals surface area contributed by atoms with Crippen molar-refractivity contribution >= 4 is 11.6 Å². The molecule has 2 unspecified atom stereocenters. The van der Waals surface area contributed by atoms with E-state index >= 15 is 0 Å². The van der Waals surface area contributed by atoms with Crippen molar-refractivity contribution in [1.82, 2.24) is 20.1 Å². The maximum absolute atomic E-state index is 12.3. The number of nitrogens with zero attached hydrogens (tertiary/aromatic N) is 3. The summed E-state index contributed by atoms with van der Waals surface area (Å²) in [6, 6.07) is 7.33. The first-order valence-corrected chi connectivity index (χ1v) is 6.79. The second-order valence-corrected chi connectivity index (χ2v) is 5.01. The fourth-order valence-electron chi connectivity index (χ4n) is 2.31. The molecular weight excluding hydrogens is 270 g/mol. The van der Waals surface area contributed by atoms with Gasteiger partial charge in [0.2, 0.25) is 0 Å². The van der Waals surface area contributed by atoms with Gasteiger partial charge in [0.15, 0.2) is 11.9 Å². The minimum absolute atomic E-state index is 0.174. The molecule has 7 heteroatoms. The SMILES string of the molecule is CC(NC(=O)C1CNc2ccccc2O1)c1nncn1C. The summed E-state index contributed by atoms with van der Waals surface area (Å²) >= 11 is 0. The summed E-state index contributed by atoms with van der Waals surface area (Å²) < 4.78 is 7.50. The molecule has 2 aromatic rings. The van der Waals surface area contributed by atoms with Crippen molar-refractivity contribution in [3.63, 3.8) is 0 Å². The van der Waals surface area contributed by atoms with E-state index in [1.54, 1.807) is 10.9 Å². The van der Waals surface area contributed by atoms with Gasteiger partial charge in [-0.3, -0.25) is 4.79 Å². The molecule has 2 N–H and O–H groups in total. The molecule has 0 fully saturated rings. The van der Waals surface area contributed by atoms with Crippen LogP contribution in [0.1, 0.15) is 18.8 Å². The highest BCUT2D eigenvalue weighted by molar-refractivity contribution is 5.83. The van der Waals surface area contributed by atoms with E-state index in [1.165, 1.54) is 0 Å². The fourth-order valence-corrected chi connectivity index (χ4v) is 2.31. The molecule has 7 nitrogen and oxygen atoms in total. The topological polar surface area (TPSA) is 81.1 Å². The van der Waals surface area contributed by atoms with E-state index in [4.69, 9.17) is 4.74 Å². The molecule has 0 aliphatic carbocycles. The minimum Gasteiger partial charge on any atom is -0.477 e. The number of aromatic nitrogens is 3. The summed E-state index contributed by atoms with van der Waals surface area (Å²) in [6.45, 7) is 2.31. The van der Waals surface area contributed by atoms with E-state index in [-0.39, 0.29) is 11.9 Å². The maximum Gasteiger partial charge on any atom is 0.263 e. The van der Waals surface area contributed by atoms with Crippen LogP contribution in [0, 0.1) is 0 Å². The number of hydrogen-bond acceptors (Lipinski definition) is 5. The van der Waals surface area contributed by atoms with Gasteiger partial charge in [0.1, 0.15) is 12.1 Å². The second kappa shape index (κ2) is 5.43. The number of nitrogens with one attached hydrogen (secondary N) is 2. The Morgan fingerprint density at radius 1 is 1.52 bits per heavy atom. The zero-order chi connectivity index (χ0) is 14.8. The van der Waals surface area contributed by atoms with Crippen LogP contribution in [-0.4, -0.2) is 33.3 Å². The summed E-state index contributed by atoms with van der Waals surface area (Å²) in [5.74, 6) is 1.22. The monoisotopic (exact) mass is 287 g/mol.